The average molecular weight is 483 g/mol. The number of guanidine groups is 1. The molecule has 0 spiro atoms. The minimum atomic E-state index is 0. The van der Waals surface area contributed by atoms with Crippen LogP contribution in [0.15, 0.2) is 29.3 Å². The second-order valence-corrected chi connectivity index (χ2v) is 8.43. The van der Waals surface area contributed by atoms with Crippen LogP contribution >= 0.6 is 24.0 Å². The third-order valence-electron chi connectivity index (χ3n) is 6.87. The Morgan fingerprint density at radius 1 is 1.26 bits per heavy atom. The van der Waals surface area contributed by atoms with Crippen LogP contribution in [0.4, 0.5) is 0 Å². The summed E-state index contributed by atoms with van der Waals surface area (Å²) >= 11 is 0. The number of nitrogens with zero attached hydrogens (tertiary/aromatic N) is 1. The lowest BCUT2D eigenvalue weighted by molar-refractivity contribution is 0.0778. The molecule has 0 heterocycles. The number of benzene rings is 1. The van der Waals surface area contributed by atoms with Crippen LogP contribution in [0.25, 0.3) is 0 Å². The molecule has 0 saturated heterocycles. The quantitative estimate of drug-likeness (QED) is 0.335. The van der Waals surface area contributed by atoms with Crippen molar-refractivity contribution in [3.8, 4) is 0 Å². The first-order chi connectivity index (χ1) is 12.8. The molecular formula is C22H34IN3O. The van der Waals surface area contributed by atoms with Crippen LogP contribution in [0.1, 0.15) is 49.7 Å². The molecule has 3 atom stereocenters. The number of nitrogens with one attached hydrogen (secondary N) is 2. The molecule has 4 rings (SSSR count). The zero-order chi connectivity index (χ0) is 18.0. The summed E-state index contributed by atoms with van der Waals surface area (Å²) < 4.78 is 5.31. The van der Waals surface area contributed by atoms with E-state index in [1.54, 1.807) is 18.2 Å². The van der Waals surface area contributed by atoms with Gasteiger partial charge in [0.2, 0.25) is 0 Å². The highest BCUT2D eigenvalue weighted by Gasteiger charge is 2.54. The summed E-state index contributed by atoms with van der Waals surface area (Å²) in [5.41, 5.74) is 3.55. The van der Waals surface area contributed by atoms with Crippen LogP contribution in [0.5, 0.6) is 0 Å². The van der Waals surface area contributed by atoms with Gasteiger partial charge in [0.1, 0.15) is 0 Å². The fraction of sp³-hybridized carbons (Fsp3) is 0.682. The number of methoxy groups -OCH3 is 1. The van der Waals surface area contributed by atoms with Gasteiger partial charge in [-0.1, -0.05) is 30.7 Å². The first-order valence-electron chi connectivity index (χ1n) is 10.4. The van der Waals surface area contributed by atoms with Crippen molar-refractivity contribution < 1.29 is 4.74 Å². The summed E-state index contributed by atoms with van der Waals surface area (Å²) in [7, 11) is 1.80. The van der Waals surface area contributed by atoms with E-state index in [-0.39, 0.29) is 24.0 Å². The van der Waals surface area contributed by atoms with E-state index in [0.29, 0.717) is 5.41 Å². The predicted octanol–water partition coefficient (Wildman–Crippen LogP) is 3.95. The van der Waals surface area contributed by atoms with Gasteiger partial charge in [0, 0.05) is 33.4 Å². The second-order valence-electron chi connectivity index (χ2n) is 8.43. The first-order valence-corrected chi connectivity index (χ1v) is 10.4. The number of hydrogen-bond acceptors (Lipinski definition) is 2. The van der Waals surface area contributed by atoms with Crippen molar-refractivity contribution in [2.75, 3.05) is 33.4 Å². The molecule has 2 fully saturated rings. The third kappa shape index (κ3) is 4.44. The maximum atomic E-state index is 5.31. The fourth-order valence-corrected chi connectivity index (χ4v) is 5.05. The SMILES string of the molecule is CCNC(=NCC1(CCOC)CCC1)NCC1C2Cc3ccccc3C12.I. The zero-order valence-electron chi connectivity index (χ0n) is 16.7. The van der Waals surface area contributed by atoms with Crippen molar-refractivity contribution in [2.45, 2.75) is 44.9 Å². The van der Waals surface area contributed by atoms with E-state index >= 15 is 0 Å². The van der Waals surface area contributed by atoms with Crippen LogP contribution in [0.2, 0.25) is 0 Å². The molecule has 0 radical (unpaired) electrons. The van der Waals surface area contributed by atoms with Crippen LogP contribution in [-0.4, -0.2) is 39.3 Å². The molecule has 0 amide bonds. The summed E-state index contributed by atoms with van der Waals surface area (Å²) in [6.07, 6.45) is 6.33. The number of hydrogen-bond donors (Lipinski definition) is 2. The Morgan fingerprint density at radius 3 is 2.78 bits per heavy atom. The summed E-state index contributed by atoms with van der Waals surface area (Å²) in [6.45, 7) is 5.87. The van der Waals surface area contributed by atoms with E-state index < -0.39 is 0 Å². The van der Waals surface area contributed by atoms with E-state index in [2.05, 4.69) is 41.8 Å². The number of rotatable bonds is 8. The van der Waals surface area contributed by atoms with Crippen molar-refractivity contribution >= 4 is 29.9 Å². The Labute approximate surface area is 181 Å². The standard InChI is InChI=1S/C22H33N3O.HI/c1-3-23-21(25-15-22(9-6-10-22)11-12-26-2)24-14-19-18-13-16-7-4-5-8-17(16)20(18)19;/h4-5,7-8,18-20H,3,6,9-15H2,1-2H3,(H2,23,24,25);1H. The van der Waals surface area contributed by atoms with Gasteiger partial charge in [0.25, 0.3) is 0 Å². The summed E-state index contributed by atoms with van der Waals surface area (Å²) in [5.74, 6) is 3.40. The predicted molar refractivity (Wildman–Crippen MR) is 122 cm³/mol. The highest BCUT2D eigenvalue weighted by molar-refractivity contribution is 14.0. The van der Waals surface area contributed by atoms with Crippen LogP contribution in [-0.2, 0) is 11.2 Å². The zero-order valence-corrected chi connectivity index (χ0v) is 19.0. The molecular weight excluding hydrogens is 449 g/mol. The first kappa shape index (κ1) is 20.9. The van der Waals surface area contributed by atoms with Crippen molar-refractivity contribution in [1.29, 1.82) is 0 Å². The van der Waals surface area contributed by atoms with Crippen LogP contribution in [0, 0.1) is 17.3 Å². The average Bonchev–Trinajstić information content (AvgIpc) is 3.16. The molecule has 3 aliphatic rings. The second kappa shape index (κ2) is 9.12. The summed E-state index contributed by atoms with van der Waals surface area (Å²) in [5, 5.41) is 7.06. The molecule has 3 unspecified atom stereocenters. The Morgan fingerprint density at radius 2 is 2.07 bits per heavy atom. The molecule has 0 aromatic heterocycles. The van der Waals surface area contributed by atoms with Crippen molar-refractivity contribution in [2.24, 2.45) is 22.2 Å². The van der Waals surface area contributed by atoms with Crippen molar-refractivity contribution in [3.63, 3.8) is 0 Å². The van der Waals surface area contributed by atoms with Gasteiger partial charge in [-0.15, -0.1) is 24.0 Å². The van der Waals surface area contributed by atoms with Crippen molar-refractivity contribution in [1.82, 2.24) is 10.6 Å². The maximum Gasteiger partial charge on any atom is 0.191 e. The highest BCUT2D eigenvalue weighted by atomic mass is 127. The molecule has 27 heavy (non-hydrogen) atoms. The number of halogens is 1. The largest absolute Gasteiger partial charge is 0.385 e. The number of aliphatic imine (C=N–C) groups is 1. The maximum absolute atomic E-state index is 5.31. The lowest BCUT2D eigenvalue weighted by atomic mass is 9.67. The molecule has 1 aromatic rings. The van der Waals surface area contributed by atoms with Gasteiger partial charge in [0.05, 0.1) is 0 Å². The fourth-order valence-electron chi connectivity index (χ4n) is 5.05. The van der Waals surface area contributed by atoms with E-state index in [1.165, 1.54) is 25.7 Å². The Bertz CT molecular complexity index is 659. The monoisotopic (exact) mass is 483 g/mol. The molecule has 0 aliphatic heterocycles. The lowest BCUT2D eigenvalue weighted by Gasteiger charge is -2.40. The van der Waals surface area contributed by atoms with E-state index in [4.69, 9.17) is 9.73 Å². The number of ether oxygens (including phenoxy) is 1. The van der Waals surface area contributed by atoms with Crippen LogP contribution in [0.3, 0.4) is 0 Å². The molecule has 4 nitrogen and oxygen atoms in total. The van der Waals surface area contributed by atoms with Gasteiger partial charge in [-0.2, -0.15) is 0 Å². The molecule has 150 valence electrons. The Balaban J connectivity index is 0.00000210. The molecule has 2 saturated carbocycles. The van der Waals surface area contributed by atoms with Gasteiger partial charge in [-0.25, -0.2) is 0 Å². The van der Waals surface area contributed by atoms with Gasteiger partial charge in [-0.3, -0.25) is 4.99 Å². The Hall–Kier alpha value is -0.820. The topological polar surface area (TPSA) is 45.7 Å². The van der Waals surface area contributed by atoms with Crippen molar-refractivity contribution in [3.05, 3.63) is 35.4 Å². The van der Waals surface area contributed by atoms with Gasteiger partial charge in [-0.05, 0) is 66.9 Å². The molecule has 1 aromatic carbocycles. The van der Waals surface area contributed by atoms with E-state index in [1.807, 2.05) is 0 Å². The van der Waals surface area contributed by atoms with Gasteiger partial charge >= 0.3 is 0 Å². The van der Waals surface area contributed by atoms with Gasteiger partial charge in [0.15, 0.2) is 5.96 Å². The molecule has 5 heteroatoms. The smallest absolute Gasteiger partial charge is 0.191 e. The summed E-state index contributed by atoms with van der Waals surface area (Å²) in [4.78, 5) is 4.94. The highest BCUT2D eigenvalue weighted by Crippen LogP contribution is 2.60. The third-order valence-corrected chi connectivity index (χ3v) is 6.87. The molecule has 0 bridgehead atoms. The van der Waals surface area contributed by atoms with Gasteiger partial charge < -0.3 is 15.4 Å². The van der Waals surface area contributed by atoms with E-state index in [0.717, 1.165) is 56.4 Å². The molecule has 3 aliphatic carbocycles. The summed E-state index contributed by atoms with van der Waals surface area (Å²) in [6, 6.07) is 8.99. The number of fused-ring (bicyclic) bond motifs is 3. The lowest BCUT2D eigenvalue weighted by Crippen LogP contribution is -2.41. The minimum Gasteiger partial charge on any atom is -0.385 e. The van der Waals surface area contributed by atoms with Crippen LogP contribution < -0.4 is 10.6 Å². The normalized spacial score (nSPS) is 27.0. The molecule has 2 N–H and O–H groups in total. The Kier molecular flexibility index (Phi) is 7.06. The van der Waals surface area contributed by atoms with E-state index in [9.17, 15) is 0 Å². The minimum absolute atomic E-state index is 0.